The largest absolute Gasteiger partial charge is 0.299 e. The van der Waals surface area contributed by atoms with Crippen molar-refractivity contribution in [1.82, 2.24) is 14.7 Å². The lowest BCUT2D eigenvalue weighted by molar-refractivity contribution is 0.308. The van der Waals surface area contributed by atoms with Crippen molar-refractivity contribution in [1.29, 1.82) is 0 Å². The fourth-order valence-electron chi connectivity index (χ4n) is 4.45. The molecular formula is C23H33N3S. The molecule has 2 saturated heterocycles. The molecule has 2 aliphatic heterocycles. The Hall–Kier alpha value is -1.20. The predicted molar refractivity (Wildman–Crippen MR) is 115 cm³/mol. The van der Waals surface area contributed by atoms with E-state index in [0.29, 0.717) is 0 Å². The average Bonchev–Trinajstić information content (AvgIpc) is 3.41. The summed E-state index contributed by atoms with van der Waals surface area (Å²) in [7, 11) is 2.26. The van der Waals surface area contributed by atoms with Crippen LogP contribution in [0.3, 0.4) is 0 Å². The third-order valence-electron chi connectivity index (χ3n) is 5.89. The van der Waals surface area contributed by atoms with Gasteiger partial charge in [-0.15, -0.1) is 11.3 Å². The number of nitrogens with zero attached hydrogens (tertiary/aromatic N) is 3. The fraction of sp³-hybridized carbons (Fsp3) is 0.565. The molecule has 0 spiro atoms. The predicted octanol–water partition coefficient (Wildman–Crippen LogP) is 4.57. The van der Waals surface area contributed by atoms with E-state index in [9.17, 15) is 0 Å². The van der Waals surface area contributed by atoms with Crippen molar-refractivity contribution < 1.29 is 0 Å². The van der Waals surface area contributed by atoms with Gasteiger partial charge in [0.05, 0.1) is 0 Å². The first-order valence-electron chi connectivity index (χ1n) is 10.5. The van der Waals surface area contributed by atoms with Crippen molar-refractivity contribution in [2.45, 2.75) is 51.9 Å². The smallest absolute Gasteiger partial charge is 0.0328 e. The third-order valence-corrected chi connectivity index (χ3v) is 6.86. The minimum absolute atomic E-state index is 1.03. The lowest BCUT2D eigenvalue weighted by Gasteiger charge is -2.21. The molecule has 146 valence electrons. The molecule has 0 bridgehead atoms. The normalized spacial score (nSPS) is 18.7. The van der Waals surface area contributed by atoms with Crippen LogP contribution in [-0.4, -0.2) is 47.9 Å². The first-order chi connectivity index (χ1) is 13.3. The lowest BCUT2D eigenvalue weighted by atomic mass is 10.1. The number of rotatable bonds is 8. The highest BCUT2D eigenvalue weighted by atomic mass is 32.1. The SMILES string of the molecule is CN(Cc1cc(CN2CCCC2)cs1)Cc1ccccc1CN1CCCC1. The molecule has 2 fully saturated rings. The summed E-state index contributed by atoms with van der Waals surface area (Å²) in [5.74, 6) is 0. The van der Waals surface area contributed by atoms with Crippen LogP contribution >= 0.6 is 11.3 Å². The first-order valence-corrected chi connectivity index (χ1v) is 11.4. The van der Waals surface area contributed by atoms with Gasteiger partial charge in [0, 0.05) is 31.1 Å². The van der Waals surface area contributed by atoms with E-state index in [1.54, 1.807) is 0 Å². The van der Waals surface area contributed by atoms with E-state index in [4.69, 9.17) is 0 Å². The van der Waals surface area contributed by atoms with E-state index in [2.05, 4.69) is 57.5 Å². The molecule has 2 aliphatic rings. The molecule has 1 aromatic carbocycles. The third kappa shape index (κ3) is 5.41. The Labute approximate surface area is 168 Å². The molecule has 0 unspecified atom stereocenters. The Bertz CT molecular complexity index is 714. The summed E-state index contributed by atoms with van der Waals surface area (Å²) in [5.41, 5.74) is 4.49. The van der Waals surface area contributed by atoms with Gasteiger partial charge in [0.25, 0.3) is 0 Å². The maximum absolute atomic E-state index is 2.60. The second kappa shape index (κ2) is 9.33. The minimum atomic E-state index is 1.03. The first kappa shape index (κ1) is 19.1. The summed E-state index contributed by atoms with van der Waals surface area (Å²) < 4.78 is 0. The zero-order chi connectivity index (χ0) is 18.5. The summed E-state index contributed by atoms with van der Waals surface area (Å²) in [6.07, 6.45) is 5.47. The molecule has 0 atom stereocenters. The van der Waals surface area contributed by atoms with Gasteiger partial charge in [-0.2, -0.15) is 0 Å². The van der Waals surface area contributed by atoms with E-state index in [1.807, 2.05) is 11.3 Å². The van der Waals surface area contributed by atoms with Gasteiger partial charge in [0.2, 0.25) is 0 Å². The molecule has 4 rings (SSSR count). The van der Waals surface area contributed by atoms with Gasteiger partial charge < -0.3 is 0 Å². The monoisotopic (exact) mass is 383 g/mol. The highest BCUT2D eigenvalue weighted by Gasteiger charge is 2.15. The molecule has 0 amide bonds. The van der Waals surface area contributed by atoms with Crippen LogP contribution in [0.15, 0.2) is 35.7 Å². The van der Waals surface area contributed by atoms with E-state index < -0.39 is 0 Å². The van der Waals surface area contributed by atoms with Crippen LogP contribution in [-0.2, 0) is 26.2 Å². The molecule has 0 radical (unpaired) electrons. The molecule has 0 saturated carbocycles. The molecule has 3 nitrogen and oxygen atoms in total. The number of likely N-dealkylation sites (tertiary alicyclic amines) is 2. The number of thiophene rings is 1. The van der Waals surface area contributed by atoms with E-state index in [-0.39, 0.29) is 0 Å². The Kier molecular flexibility index (Phi) is 6.61. The lowest BCUT2D eigenvalue weighted by Crippen LogP contribution is -2.22. The zero-order valence-electron chi connectivity index (χ0n) is 16.7. The standard InChI is InChI=1S/C23H33N3S/c1-24(18-23-14-20(19-27-23)15-25-10-4-5-11-25)16-21-8-2-3-9-22(21)17-26-12-6-7-13-26/h2-3,8-9,14,19H,4-7,10-13,15-18H2,1H3. The van der Waals surface area contributed by atoms with Gasteiger partial charge in [0.1, 0.15) is 0 Å². The van der Waals surface area contributed by atoms with Gasteiger partial charge in [-0.3, -0.25) is 14.7 Å². The topological polar surface area (TPSA) is 9.72 Å². The maximum Gasteiger partial charge on any atom is 0.0328 e. The van der Waals surface area contributed by atoms with E-state index >= 15 is 0 Å². The molecule has 27 heavy (non-hydrogen) atoms. The summed E-state index contributed by atoms with van der Waals surface area (Å²) in [6.45, 7) is 9.41. The highest BCUT2D eigenvalue weighted by Crippen LogP contribution is 2.22. The van der Waals surface area contributed by atoms with Crippen molar-refractivity contribution in [3.63, 3.8) is 0 Å². The van der Waals surface area contributed by atoms with Crippen LogP contribution in [0.4, 0.5) is 0 Å². The number of hydrogen-bond acceptors (Lipinski definition) is 4. The van der Waals surface area contributed by atoms with E-state index in [1.165, 1.54) is 73.4 Å². The zero-order valence-corrected chi connectivity index (χ0v) is 17.5. The van der Waals surface area contributed by atoms with Gasteiger partial charge in [0.15, 0.2) is 0 Å². The van der Waals surface area contributed by atoms with Crippen LogP contribution in [0, 0.1) is 0 Å². The van der Waals surface area contributed by atoms with Crippen molar-refractivity contribution in [2.24, 2.45) is 0 Å². The van der Waals surface area contributed by atoms with Crippen LogP contribution in [0.5, 0.6) is 0 Å². The quantitative estimate of drug-likeness (QED) is 0.661. The van der Waals surface area contributed by atoms with Crippen molar-refractivity contribution >= 4 is 11.3 Å². The molecule has 0 aliphatic carbocycles. The van der Waals surface area contributed by atoms with Gasteiger partial charge in [-0.1, -0.05) is 24.3 Å². The summed E-state index contributed by atoms with van der Waals surface area (Å²) >= 11 is 1.93. The Balaban J connectivity index is 1.32. The molecular weight excluding hydrogens is 350 g/mol. The second-order valence-corrected chi connectivity index (χ2v) is 9.32. The average molecular weight is 384 g/mol. The van der Waals surface area contributed by atoms with E-state index in [0.717, 1.165) is 26.2 Å². The molecule has 0 N–H and O–H groups in total. The highest BCUT2D eigenvalue weighted by molar-refractivity contribution is 7.10. The summed E-state index contributed by atoms with van der Waals surface area (Å²) in [4.78, 5) is 9.14. The van der Waals surface area contributed by atoms with Gasteiger partial charge in [-0.05, 0) is 87.0 Å². The van der Waals surface area contributed by atoms with Gasteiger partial charge >= 0.3 is 0 Å². The van der Waals surface area contributed by atoms with Crippen LogP contribution in [0.2, 0.25) is 0 Å². The minimum Gasteiger partial charge on any atom is -0.299 e. The molecule has 3 heterocycles. The second-order valence-electron chi connectivity index (χ2n) is 8.33. The van der Waals surface area contributed by atoms with Crippen molar-refractivity contribution in [2.75, 3.05) is 33.2 Å². The van der Waals surface area contributed by atoms with Crippen molar-refractivity contribution in [3.8, 4) is 0 Å². The van der Waals surface area contributed by atoms with Crippen LogP contribution in [0.25, 0.3) is 0 Å². The molecule has 4 heteroatoms. The summed E-state index contributed by atoms with van der Waals surface area (Å²) in [6, 6.07) is 11.4. The number of hydrogen-bond donors (Lipinski definition) is 0. The van der Waals surface area contributed by atoms with Crippen LogP contribution in [0.1, 0.15) is 47.3 Å². The Morgan fingerprint density at radius 3 is 2.19 bits per heavy atom. The summed E-state index contributed by atoms with van der Waals surface area (Å²) in [5, 5.41) is 2.36. The molecule has 2 aromatic rings. The Morgan fingerprint density at radius 2 is 1.48 bits per heavy atom. The fourth-order valence-corrected chi connectivity index (χ4v) is 5.41. The Morgan fingerprint density at radius 1 is 0.852 bits per heavy atom. The maximum atomic E-state index is 2.60. The van der Waals surface area contributed by atoms with Crippen LogP contribution < -0.4 is 0 Å². The number of benzene rings is 1. The molecule has 1 aromatic heterocycles. The van der Waals surface area contributed by atoms with Gasteiger partial charge in [-0.25, -0.2) is 0 Å². The van der Waals surface area contributed by atoms with Crippen molar-refractivity contribution in [3.05, 3.63) is 57.3 Å².